The topological polar surface area (TPSA) is 81.4 Å². The first-order chi connectivity index (χ1) is 12.8. The first-order valence-electron chi connectivity index (χ1n) is 9.78. The second-order valence-corrected chi connectivity index (χ2v) is 11.5. The van der Waals surface area contributed by atoms with Crippen molar-refractivity contribution in [3.63, 3.8) is 0 Å². The van der Waals surface area contributed by atoms with Crippen LogP contribution in [0.2, 0.25) is 0 Å². The Hall–Kier alpha value is -1.84. The van der Waals surface area contributed by atoms with Crippen molar-refractivity contribution in [2.75, 3.05) is 13.1 Å². The van der Waals surface area contributed by atoms with E-state index in [1.807, 2.05) is 47.6 Å². The molecule has 6 heteroatoms. The number of hydrogen-bond donors (Lipinski definition) is 1. The first-order valence-corrected chi connectivity index (χ1v) is 11.2. The minimum atomic E-state index is -3.81. The number of hydrogen-bond acceptors (Lipinski definition) is 4. The summed E-state index contributed by atoms with van der Waals surface area (Å²) in [7, 11) is -3.81. The molecule has 0 aliphatic carbocycles. The molecule has 2 rings (SSSR count). The van der Waals surface area contributed by atoms with Crippen molar-refractivity contribution in [3.8, 4) is 11.8 Å². The standard InChI is InChI=1S/C22H32N2O3S/c1-21(2,3)18-13-16(14-19(20(18)25)22(4,5)6)12-17(15-23)28(26,27)24-10-8-7-9-11-24/h12-14,25H,7-11H2,1-6H3/b17-12+. The summed E-state index contributed by atoms with van der Waals surface area (Å²) in [5.74, 6) is 0.231. The fourth-order valence-electron chi connectivity index (χ4n) is 3.44. The Morgan fingerprint density at radius 1 is 1.04 bits per heavy atom. The zero-order valence-electron chi connectivity index (χ0n) is 17.8. The quantitative estimate of drug-likeness (QED) is 0.743. The number of sulfonamides is 1. The number of nitrogens with zero attached hydrogens (tertiary/aromatic N) is 2. The first kappa shape index (κ1) is 22.4. The SMILES string of the molecule is CC(C)(C)c1cc(/C=C(\C#N)S(=O)(=O)N2CCCCC2)cc(C(C)(C)C)c1O. The molecule has 0 bridgehead atoms. The monoisotopic (exact) mass is 404 g/mol. The van der Waals surface area contributed by atoms with E-state index in [9.17, 15) is 18.8 Å². The van der Waals surface area contributed by atoms with Crippen molar-refractivity contribution < 1.29 is 13.5 Å². The van der Waals surface area contributed by atoms with E-state index in [0.29, 0.717) is 18.7 Å². The van der Waals surface area contributed by atoms with Crippen molar-refractivity contribution in [1.29, 1.82) is 5.26 Å². The molecule has 0 atom stereocenters. The highest BCUT2D eigenvalue weighted by Gasteiger charge is 2.30. The molecule has 0 unspecified atom stereocenters. The molecular formula is C22H32N2O3S. The van der Waals surface area contributed by atoms with Gasteiger partial charge >= 0.3 is 0 Å². The van der Waals surface area contributed by atoms with Gasteiger partial charge in [0.15, 0.2) is 4.91 Å². The molecule has 1 saturated heterocycles. The number of phenols is 1. The highest BCUT2D eigenvalue weighted by Crippen LogP contribution is 2.40. The molecule has 1 fully saturated rings. The van der Waals surface area contributed by atoms with Crippen molar-refractivity contribution in [3.05, 3.63) is 33.7 Å². The summed E-state index contributed by atoms with van der Waals surface area (Å²) in [5, 5.41) is 20.4. The van der Waals surface area contributed by atoms with Crippen molar-refractivity contribution in [2.45, 2.75) is 71.6 Å². The van der Waals surface area contributed by atoms with Crippen LogP contribution in [0.3, 0.4) is 0 Å². The van der Waals surface area contributed by atoms with Crippen LogP contribution in [0.25, 0.3) is 6.08 Å². The Kier molecular flexibility index (Phi) is 6.32. The van der Waals surface area contributed by atoms with Crippen LogP contribution in [0.4, 0.5) is 0 Å². The normalized spacial score (nSPS) is 17.4. The van der Waals surface area contributed by atoms with E-state index >= 15 is 0 Å². The Morgan fingerprint density at radius 2 is 1.50 bits per heavy atom. The second-order valence-electron chi connectivity index (χ2n) is 9.55. The lowest BCUT2D eigenvalue weighted by molar-refractivity contribution is 0.350. The molecule has 0 saturated carbocycles. The lowest BCUT2D eigenvalue weighted by Gasteiger charge is -2.28. The summed E-state index contributed by atoms with van der Waals surface area (Å²) in [6, 6.07) is 5.46. The van der Waals surface area contributed by atoms with E-state index in [4.69, 9.17) is 0 Å². The van der Waals surface area contributed by atoms with Crippen molar-refractivity contribution >= 4 is 16.1 Å². The van der Waals surface area contributed by atoms with Gasteiger partial charge < -0.3 is 5.11 Å². The van der Waals surface area contributed by atoms with Crippen molar-refractivity contribution in [1.82, 2.24) is 4.31 Å². The molecule has 1 heterocycles. The molecule has 1 aromatic carbocycles. The predicted molar refractivity (Wildman–Crippen MR) is 113 cm³/mol. The van der Waals surface area contributed by atoms with Gasteiger partial charge in [-0.05, 0) is 47.4 Å². The van der Waals surface area contributed by atoms with Gasteiger partial charge in [0, 0.05) is 24.2 Å². The zero-order valence-corrected chi connectivity index (χ0v) is 18.7. The maximum Gasteiger partial charge on any atom is 0.253 e. The molecule has 154 valence electrons. The molecule has 0 spiro atoms. The van der Waals surface area contributed by atoms with Crippen LogP contribution >= 0.6 is 0 Å². The Bertz CT molecular complexity index is 870. The molecule has 1 N–H and O–H groups in total. The third-order valence-corrected chi connectivity index (χ3v) is 6.90. The van der Waals surface area contributed by atoms with E-state index in [0.717, 1.165) is 30.4 Å². The van der Waals surface area contributed by atoms with Gasteiger partial charge in [-0.1, -0.05) is 48.0 Å². The van der Waals surface area contributed by atoms with Crippen LogP contribution in [0.5, 0.6) is 5.75 Å². The Balaban J connectivity index is 2.64. The van der Waals surface area contributed by atoms with Gasteiger partial charge in [0.05, 0.1) is 0 Å². The minimum absolute atomic E-state index is 0.231. The van der Waals surface area contributed by atoms with E-state index in [-0.39, 0.29) is 21.5 Å². The molecule has 0 amide bonds. The molecular weight excluding hydrogens is 372 g/mol. The molecule has 1 aliphatic rings. The predicted octanol–water partition coefficient (Wildman–Crippen LogP) is 4.67. The summed E-state index contributed by atoms with van der Waals surface area (Å²) in [6.45, 7) is 12.9. The third kappa shape index (κ3) is 4.76. The van der Waals surface area contributed by atoms with Crippen molar-refractivity contribution in [2.24, 2.45) is 0 Å². The van der Waals surface area contributed by atoms with Crippen LogP contribution in [-0.2, 0) is 20.9 Å². The maximum absolute atomic E-state index is 12.9. The van der Waals surface area contributed by atoms with E-state index < -0.39 is 10.0 Å². The third-order valence-electron chi connectivity index (χ3n) is 5.09. The number of allylic oxidation sites excluding steroid dienone is 1. The van der Waals surface area contributed by atoms with Crippen LogP contribution in [0, 0.1) is 11.3 Å². The fraction of sp³-hybridized carbons (Fsp3) is 0.591. The Morgan fingerprint density at radius 3 is 1.89 bits per heavy atom. The average molecular weight is 405 g/mol. The number of rotatable bonds is 3. The van der Waals surface area contributed by atoms with Crippen LogP contribution in [-0.4, -0.2) is 30.9 Å². The van der Waals surface area contributed by atoms with Crippen LogP contribution in [0.15, 0.2) is 17.0 Å². The summed E-state index contributed by atoms with van der Waals surface area (Å²) in [5.41, 5.74) is 1.43. The fourth-order valence-corrected chi connectivity index (χ4v) is 4.86. The number of aromatic hydroxyl groups is 1. The number of phenolic OH excluding ortho intramolecular Hbond substituents is 1. The molecule has 1 aromatic rings. The molecule has 0 radical (unpaired) electrons. The molecule has 0 aromatic heterocycles. The largest absolute Gasteiger partial charge is 0.507 e. The van der Waals surface area contributed by atoms with Gasteiger partial charge in [-0.3, -0.25) is 0 Å². The highest BCUT2D eigenvalue weighted by molar-refractivity contribution is 7.93. The lowest BCUT2D eigenvalue weighted by Crippen LogP contribution is -2.36. The summed E-state index contributed by atoms with van der Waals surface area (Å²) < 4.78 is 27.3. The van der Waals surface area contributed by atoms with Gasteiger partial charge in [0.1, 0.15) is 11.8 Å². The van der Waals surface area contributed by atoms with E-state index in [1.54, 1.807) is 12.1 Å². The molecule has 28 heavy (non-hydrogen) atoms. The summed E-state index contributed by atoms with van der Waals surface area (Å²) >= 11 is 0. The van der Waals surface area contributed by atoms with Gasteiger partial charge in [-0.15, -0.1) is 0 Å². The summed E-state index contributed by atoms with van der Waals surface area (Å²) in [4.78, 5) is -0.250. The van der Waals surface area contributed by atoms with Crippen LogP contribution < -0.4 is 0 Å². The average Bonchev–Trinajstić information content (AvgIpc) is 2.59. The van der Waals surface area contributed by atoms with Gasteiger partial charge in [0.25, 0.3) is 10.0 Å². The smallest absolute Gasteiger partial charge is 0.253 e. The highest BCUT2D eigenvalue weighted by atomic mass is 32.2. The Labute approximate surface area is 169 Å². The van der Waals surface area contributed by atoms with Crippen LogP contribution in [0.1, 0.15) is 77.5 Å². The summed E-state index contributed by atoms with van der Waals surface area (Å²) in [6.07, 6.45) is 4.09. The number of nitriles is 1. The van der Waals surface area contributed by atoms with E-state index in [2.05, 4.69) is 0 Å². The molecule has 5 nitrogen and oxygen atoms in total. The zero-order chi connectivity index (χ0) is 21.3. The maximum atomic E-state index is 12.9. The van der Waals surface area contributed by atoms with E-state index in [1.165, 1.54) is 10.4 Å². The van der Waals surface area contributed by atoms with Gasteiger partial charge in [-0.2, -0.15) is 9.57 Å². The number of piperidine rings is 1. The number of benzene rings is 1. The molecule has 1 aliphatic heterocycles. The second kappa shape index (κ2) is 7.88. The lowest BCUT2D eigenvalue weighted by atomic mass is 9.78. The van der Waals surface area contributed by atoms with Gasteiger partial charge in [0.2, 0.25) is 0 Å². The minimum Gasteiger partial charge on any atom is -0.507 e. The van der Waals surface area contributed by atoms with Gasteiger partial charge in [-0.25, -0.2) is 8.42 Å².